The first-order chi connectivity index (χ1) is 8.61. The Hall–Kier alpha value is -1.40. The molecule has 6 heteroatoms. The maximum atomic E-state index is 11.4. The largest absolute Gasteiger partial charge is 0.492 e. The second-order valence-electron chi connectivity index (χ2n) is 5.31. The number of benzene rings is 1. The van der Waals surface area contributed by atoms with Crippen molar-refractivity contribution in [2.75, 3.05) is 12.4 Å². The zero-order chi connectivity index (χ0) is 14.7. The van der Waals surface area contributed by atoms with Crippen LogP contribution in [0.1, 0.15) is 31.1 Å². The molecule has 0 heterocycles. The molecule has 1 aromatic rings. The van der Waals surface area contributed by atoms with E-state index in [-0.39, 0.29) is 18.1 Å². The van der Waals surface area contributed by atoms with Gasteiger partial charge >= 0.3 is 0 Å². The van der Waals surface area contributed by atoms with E-state index >= 15 is 0 Å². The number of Topliss-reactive ketones (excluding diaryl/α,β-unsaturated/α-hetero) is 1. The molecule has 2 N–H and O–H groups in total. The van der Waals surface area contributed by atoms with Crippen LogP contribution in [0, 0.1) is 5.41 Å². The number of nitrogens with two attached hydrogens (primary N) is 1. The molecule has 0 saturated carbocycles. The highest BCUT2D eigenvalue weighted by Gasteiger charge is 2.25. The van der Waals surface area contributed by atoms with E-state index in [4.69, 9.17) is 9.88 Å². The molecule has 0 fully saturated rings. The fourth-order valence-electron chi connectivity index (χ4n) is 1.74. The molecule has 19 heavy (non-hydrogen) atoms. The van der Waals surface area contributed by atoms with Crippen LogP contribution in [0.25, 0.3) is 0 Å². The fourth-order valence-corrected chi connectivity index (χ4v) is 2.92. The lowest BCUT2D eigenvalue weighted by atomic mass is 9.98. The van der Waals surface area contributed by atoms with Crippen LogP contribution in [0.2, 0.25) is 0 Å². The first-order valence-corrected chi connectivity index (χ1v) is 7.55. The molecule has 0 unspecified atom stereocenters. The van der Waals surface area contributed by atoms with E-state index in [2.05, 4.69) is 0 Å². The Morgan fingerprint density at radius 1 is 1.32 bits per heavy atom. The summed E-state index contributed by atoms with van der Waals surface area (Å²) in [5.74, 6) is 0.180. The van der Waals surface area contributed by atoms with Crippen molar-refractivity contribution in [1.82, 2.24) is 0 Å². The average molecular weight is 285 g/mol. The number of carbonyl (C=O) groups is 1. The second-order valence-corrected chi connectivity index (χ2v) is 6.93. The van der Waals surface area contributed by atoms with Crippen molar-refractivity contribution in [1.29, 1.82) is 0 Å². The van der Waals surface area contributed by atoms with Gasteiger partial charge in [-0.3, -0.25) is 4.79 Å². The monoisotopic (exact) mass is 285 g/mol. The number of primary sulfonamides is 1. The van der Waals surface area contributed by atoms with Crippen molar-refractivity contribution >= 4 is 15.8 Å². The zero-order valence-electron chi connectivity index (χ0n) is 11.3. The molecule has 1 aromatic carbocycles. The Bertz CT molecular complexity index is 564. The summed E-state index contributed by atoms with van der Waals surface area (Å²) in [4.78, 5) is 11.4. The molecule has 0 amide bonds. The van der Waals surface area contributed by atoms with Gasteiger partial charge in [-0.2, -0.15) is 0 Å². The van der Waals surface area contributed by atoms with E-state index in [0.29, 0.717) is 11.3 Å². The van der Waals surface area contributed by atoms with Crippen molar-refractivity contribution in [2.45, 2.75) is 20.8 Å². The van der Waals surface area contributed by atoms with E-state index in [9.17, 15) is 13.2 Å². The van der Waals surface area contributed by atoms with Crippen molar-refractivity contribution in [3.05, 3.63) is 29.8 Å². The number of carbonyl (C=O) groups excluding carboxylic acids is 1. The van der Waals surface area contributed by atoms with Gasteiger partial charge in [0, 0.05) is 5.41 Å². The molecular formula is C13H19NO4S. The molecule has 0 bridgehead atoms. The van der Waals surface area contributed by atoms with E-state index in [1.54, 1.807) is 38.1 Å². The predicted molar refractivity (Wildman–Crippen MR) is 73.7 cm³/mol. The van der Waals surface area contributed by atoms with Crippen molar-refractivity contribution in [3.63, 3.8) is 0 Å². The molecule has 0 radical (unpaired) electrons. The van der Waals surface area contributed by atoms with E-state index in [1.807, 2.05) is 0 Å². The van der Waals surface area contributed by atoms with E-state index < -0.39 is 15.4 Å². The van der Waals surface area contributed by atoms with Gasteiger partial charge in [0.25, 0.3) is 0 Å². The van der Waals surface area contributed by atoms with Crippen LogP contribution in [-0.2, 0) is 10.0 Å². The minimum atomic E-state index is -3.56. The predicted octanol–water partition coefficient (Wildman–Crippen LogP) is 1.58. The third-order valence-corrected chi connectivity index (χ3v) is 3.66. The van der Waals surface area contributed by atoms with Gasteiger partial charge in [-0.15, -0.1) is 0 Å². The second kappa shape index (κ2) is 5.71. The maximum Gasteiger partial charge on any atom is 0.209 e. The van der Waals surface area contributed by atoms with Crippen LogP contribution >= 0.6 is 0 Å². The molecule has 5 nitrogen and oxygen atoms in total. The van der Waals surface area contributed by atoms with Crippen LogP contribution in [-0.4, -0.2) is 26.6 Å². The molecule has 0 aromatic heterocycles. The van der Waals surface area contributed by atoms with Gasteiger partial charge in [0.1, 0.15) is 5.75 Å². The third-order valence-electron chi connectivity index (χ3n) is 2.48. The van der Waals surface area contributed by atoms with Gasteiger partial charge in [-0.05, 0) is 19.1 Å². The number of sulfonamides is 1. The van der Waals surface area contributed by atoms with Crippen LogP contribution in [0.4, 0.5) is 0 Å². The third kappa shape index (κ3) is 5.40. The summed E-state index contributed by atoms with van der Waals surface area (Å²) in [6, 6.07) is 6.86. The van der Waals surface area contributed by atoms with Crippen LogP contribution in [0.5, 0.6) is 5.75 Å². The lowest BCUT2D eigenvalue weighted by molar-refractivity contribution is 0.101. The molecule has 0 spiro atoms. The molecule has 0 aliphatic heterocycles. The van der Waals surface area contributed by atoms with Crippen LogP contribution < -0.4 is 9.88 Å². The number of ketones is 1. The Kier molecular flexibility index (Phi) is 4.70. The molecule has 1 rings (SSSR count). The summed E-state index contributed by atoms with van der Waals surface area (Å²) < 4.78 is 27.8. The number of hydrogen-bond acceptors (Lipinski definition) is 4. The summed E-state index contributed by atoms with van der Waals surface area (Å²) in [5.41, 5.74) is -0.147. The minimum Gasteiger partial charge on any atom is -0.492 e. The van der Waals surface area contributed by atoms with Gasteiger partial charge in [0.2, 0.25) is 10.0 Å². The van der Waals surface area contributed by atoms with Gasteiger partial charge in [-0.25, -0.2) is 13.6 Å². The quantitative estimate of drug-likeness (QED) is 0.804. The van der Waals surface area contributed by atoms with Crippen molar-refractivity contribution in [2.24, 2.45) is 10.6 Å². The molecular weight excluding hydrogens is 266 g/mol. The average Bonchev–Trinajstić information content (AvgIpc) is 2.23. The van der Waals surface area contributed by atoms with Gasteiger partial charge in [0.15, 0.2) is 5.78 Å². The standard InChI is InChI=1S/C13H19NO4S/c1-10(15)11-6-4-5-7-12(11)18-8-13(2,3)9-19(14,16)17/h4-7H,8-9H2,1-3H3,(H2,14,16,17). The van der Waals surface area contributed by atoms with Gasteiger partial charge < -0.3 is 4.74 Å². The van der Waals surface area contributed by atoms with E-state index in [1.165, 1.54) is 6.92 Å². The number of para-hydroxylation sites is 1. The Labute approximate surface area is 113 Å². The SMILES string of the molecule is CC(=O)c1ccccc1OCC(C)(C)CS(N)(=O)=O. The van der Waals surface area contributed by atoms with Gasteiger partial charge in [-0.1, -0.05) is 26.0 Å². The Morgan fingerprint density at radius 2 is 1.89 bits per heavy atom. The summed E-state index contributed by atoms with van der Waals surface area (Å²) in [6.45, 7) is 5.10. The first-order valence-electron chi connectivity index (χ1n) is 5.84. The van der Waals surface area contributed by atoms with Crippen LogP contribution in [0.3, 0.4) is 0 Å². The normalized spacial score (nSPS) is 12.2. The molecule has 0 atom stereocenters. The molecule has 0 aliphatic rings. The van der Waals surface area contributed by atoms with E-state index in [0.717, 1.165) is 0 Å². The summed E-state index contributed by atoms with van der Waals surface area (Å²) in [6.07, 6.45) is 0. The highest BCUT2D eigenvalue weighted by atomic mass is 32.2. The molecule has 0 saturated heterocycles. The van der Waals surface area contributed by atoms with Gasteiger partial charge in [0.05, 0.1) is 17.9 Å². The number of rotatable bonds is 6. The summed E-state index contributed by atoms with van der Waals surface area (Å²) in [5, 5.41) is 5.03. The Morgan fingerprint density at radius 3 is 2.42 bits per heavy atom. The first kappa shape index (κ1) is 15.7. The van der Waals surface area contributed by atoms with Crippen molar-refractivity contribution < 1.29 is 17.9 Å². The lowest BCUT2D eigenvalue weighted by Gasteiger charge is -2.24. The fraction of sp³-hybridized carbons (Fsp3) is 0.462. The lowest BCUT2D eigenvalue weighted by Crippen LogP contribution is -2.33. The highest BCUT2D eigenvalue weighted by Crippen LogP contribution is 2.23. The van der Waals surface area contributed by atoms with Crippen molar-refractivity contribution in [3.8, 4) is 5.75 Å². The Balaban J connectivity index is 2.80. The molecule has 106 valence electrons. The topological polar surface area (TPSA) is 86.5 Å². The smallest absolute Gasteiger partial charge is 0.209 e. The maximum absolute atomic E-state index is 11.4. The summed E-state index contributed by atoms with van der Waals surface area (Å²) in [7, 11) is -3.56. The number of ether oxygens (including phenoxy) is 1. The highest BCUT2D eigenvalue weighted by molar-refractivity contribution is 7.89. The summed E-state index contributed by atoms with van der Waals surface area (Å²) >= 11 is 0. The number of hydrogen-bond donors (Lipinski definition) is 1. The van der Waals surface area contributed by atoms with Crippen LogP contribution in [0.15, 0.2) is 24.3 Å². The molecule has 0 aliphatic carbocycles. The zero-order valence-corrected chi connectivity index (χ0v) is 12.2. The minimum absolute atomic E-state index is 0.0974.